The molecule has 2 heterocycles. The van der Waals surface area contributed by atoms with Crippen LogP contribution in [0.3, 0.4) is 0 Å². The average molecular weight is 421 g/mol. The van der Waals surface area contributed by atoms with Crippen molar-refractivity contribution in [3.8, 4) is 5.69 Å². The predicted octanol–water partition coefficient (Wildman–Crippen LogP) is 3.86. The number of imidazole rings is 1. The number of carbonyl (C=O) groups excluding carboxylic acids is 1. The molecule has 1 atom stereocenters. The largest absolute Gasteiger partial charge is 0.342 e. The third-order valence-electron chi connectivity index (χ3n) is 5.17. The highest BCUT2D eigenvalue weighted by molar-refractivity contribution is 5.98. The molecule has 0 saturated carbocycles. The number of carbonyl (C=O) groups is 1. The van der Waals surface area contributed by atoms with Gasteiger partial charge in [0.1, 0.15) is 18.0 Å². The molecule has 4 rings (SSSR count). The van der Waals surface area contributed by atoms with Crippen molar-refractivity contribution >= 4 is 16.9 Å². The number of tetrazole rings is 1. The minimum Gasteiger partial charge on any atom is -0.342 e. The predicted molar refractivity (Wildman–Crippen MR) is 114 cm³/mol. The molecule has 4 aromatic rings. The Morgan fingerprint density at radius 1 is 1.10 bits per heavy atom. The summed E-state index contributed by atoms with van der Waals surface area (Å²) in [4.78, 5) is 18.1. The third-order valence-corrected chi connectivity index (χ3v) is 5.17. The van der Waals surface area contributed by atoms with Gasteiger partial charge in [0.25, 0.3) is 5.91 Å². The maximum atomic E-state index is 14.0. The number of fused-ring (bicyclic) bond motifs is 1. The van der Waals surface area contributed by atoms with E-state index in [2.05, 4.69) is 39.3 Å². The summed E-state index contributed by atoms with van der Waals surface area (Å²) in [6.07, 6.45) is 1.36. The van der Waals surface area contributed by atoms with Crippen LogP contribution in [-0.2, 0) is 0 Å². The van der Waals surface area contributed by atoms with Gasteiger partial charge in [0, 0.05) is 6.04 Å². The van der Waals surface area contributed by atoms with Crippen LogP contribution in [0.4, 0.5) is 4.39 Å². The number of amides is 1. The quantitative estimate of drug-likeness (QED) is 0.511. The Labute approximate surface area is 179 Å². The molecule has 31 heavy (non-hydrogen) atoms. The second-order valence-electron chi connectivity index (χ2n) is 8.03. The summed E-state index contributed by atoms with van der Waals surface area (Å²) in [5, 5.41) is 14.1. The van der Waals surface area contributed by atoms with Gasteiger partial charge in [-0.15, -0.1) is 5.10 Å². The van der Waals surface area contributed by atoms with Crippen LogP contribution in [0.15, 0.2) is 48.8 Å². The fourth-order valence-electron chi connectivity index (χ4n) is 3.74. The van der Waals surface area contributed by atoms with Crippen molar-refractivity contribution in [2.75, 3.05) is 0 Å². The van der Waals surface area contributed by atoms with Gasteiger partial charge < -0.3 is 9.88 Å². The number of hydrogen-bond donors (Lipinski definition) is 1. The zero-order chi connectivity index (χ0) is 22.1. The Kier molecular flexibility index (Phi) is 5.50. The molecule has 0 radical (unpaired) electrons. The molecular formula is C22H24FN7O. The standard InChI is InChI=1S/C22H24FN7O/c1-13(2)20(21-25-17-7-5-6-8-19(17)30(21)14(3)4)26-22(31)16-11-15(23)9-10-18(16)29-12-24-27-28-29/h5-14,20H,1-4H3,(H,26,31)/t20-/m1/s1. The Hall–Kier alpha value is -3.62. The van der Waals surface area contributed by atoms with E-state index in [1.54, 1.807) is 0 Å². The molecule has 0 aliphatic rings. The molecule has 0 bridgehead atoms. The molecule has 0 spiro atoms. The zero-order valence-corrected chi connectivity index (χ0v) is 17.8. The number of aromatic nitrogens is 6. The lowest BCUT2D eigenvalue weighted by Crippen LogP contribution is -2.34. The van der Waals surface area contributed by atoms with Crippen molar-refractivity contribution in [3.05, 3.63) is 66.0 Å². The summed E-state index contributed by atoms with van der Waals surface area (Å²) in [5.74, 6) is -0.133. The number of halogens is 1. The Morgan fingerprint density at radius 3 is 2.55 bits per heavy atom. The summed E-state index contributed by atoms with van der Waals surface area (Å²) in [6.45, 7) is 8.20. The van der Waals surface area contributed by atoms with E-state index in [4.69, 9.17) is 4.98 Å². The van der Waals surface area contributed by atoms with E-state index >= 15 is 0 Å². The smallest absolute Gasteiger partial charge is 0.254 e. The zero-order valence-electron chi connectivity index (χ0n) is 17.8. The molecule has 0 unspecified atom stereocenters. The number of para-hydroxylation sites is 2. The number of rotatable bonds is 6. The molecule has 160 valence electrons. The van der Waals surface area contributed by atoms with Crippen LogP contribution in [0.2, 0.25) is 0 Å². The molecule has 1 N–H and O–H groups in total. The summed E-state index contributed by atoms with van der Waals surface area (Å²) in [7, 11) is 0. The lowest BCUT2D eigenvalue weighted by Gasteiger charge is -2.25. The molecule has 2 aromatic heterocycles. The van der Waals surface area contributed by atoms with Crippen LogP contribution < -0.4 is 5.32 Å². The van der Waals surface area contributed by atoms with Crippen molar-refractivity contribution in [1.82, 2.24) is 35.1 Å². The summed E-state index contributed by atoms with van der Waals surface area (Å²) < 4.78 is 17.5. The van der Waals surface area contributed by atoms with Gasteiger partial charge in [0.2, 0.25) is 0 Å². The molecule has 8 nitrogen and oxygen atoms in total. The molecule has 0 saturated heterocycles. The van der Waals surface area contributed by atoms with E-state index in [9.17, 15) is 9.18 Å². The van der Waals surface area contributed by atoms with Gasteiger partial charge in [-0.3, -0.25) is 4.79 Å². The first-order valence-electron chi connectivity index (χ1n) is 10.2. The highest BCUT2D eigenvalue weighted by Crippen LogP contribution is 2.29. The molecular weight excluding hydrogens is 397 g/mol. The van der Waals surface area contributed by atoms with Gasteiger partial charge in [-0.05, 0) is 60.5 Å². The summed E-state index contributed by atoms with van der Waals surface area (Å²) in [6, 6.07) is 11.6. The van der Waals surface area contributed by atoms with Crippen LogP contribution in [0.25, 0.3) is 16.7 Å². The van der Waals surface area contributed by atoms with Gasteiger partial charge in [-0.25, -0.2) is 9.37 Å². The summed E-state index contributed by atoms with van der Waals surface area (Å²) in [5.41, 5.74) is 2.41. The van der Waals surface area contributed by atoms with E-state index in [1.165, 1.54) is 29.2 Å². The van der Waals surface area contributed by atoms with Crippen LogP contribution in [0, 0.1) is 11.7 Å². The Morgan fingerprint density at radius 2 is 1.87 bits per heavy atom. The maximum absolute atomic E-state index is 14.0. The lowest BCUT2D eigenvalue weighted by atomic mass is 10.0. The van der Waals surface area contributed by atoms with Gasteiger partial charge in [0.05, 0.1) is 28.3 Å². The molecule has 9 heteroatoms. The van der Waals surface area contributed by atoms with Crippen molar-refractivity contribution < 1.29 is 9.18 Å². The topological polar surface area (TPSA) is 90.5 Å². The number of benzene rings is 2. The van der Waals surface area contributed by atoms with E-state index in [-0.39, 0.29) is 23.6 Å². The second kappa shape index (κ2) is 8.25. The first-order valence-corrected chi connectivity index (χ1v) is 10.2. The van der Waals surface area contributed by atoms with Crippen molar-refractivity contribution in [2.45, 2.75) is 39.8 Å². The fraction of sp³-hybridized carbons (Fsp3) is 0.318. The van der Waals surface area contributed by atoms with E-state index in [1.807, 2.05) is 38.1 Å². The van der Waals surface area contributed by atoms with Crippen molar-refractivity contribution in [1.29, 1.82) is 0 Å². The van der Waals surface area contributed by atoms with Crippen molar-refractivity contribution in [2.24, 2.45) is 5.92 Å². The normalized spacial score (nSPS) is 12.6. The lowest BCUT2D eigenvalue weighted by molar-refractivity contribution is 0.0921. The van der Waals surface area contributed by atoms with E-state index in [0.29, 0.717) is 5.69 Å². The maximum Gasteiger partial charge on any atom is 0.254 e. The van der Waals surface area contributed by atoms with E-state index < -0.39 is 11.7 Å². The highest BCUT2D eigenvalue weighted by Gasteiger charge is 2.27. The van der Waals surface area contributed by atoms with Gasteiger partial charge in [-0.1, -0.05) is 26.0 Å². The first kappa shape index (κ1) is 20.6. The van der Waals surface area contributed by atoms with E-state index in [0.717, 1.165) is 16.9 Å². The van der Waals surface area contributed by atoms with Crippen LogP contribution in [0.1, 0.15) is 56.0 Å². The molecule has 0 aliphatic carbocycles. The monoisotopic (exact) mass is 421 g/mol. The molecule has 2 aromatic carbocycles. The van der Waals surface area contributed by atoms with Crippen LogP contribution >= 0.6 is 0 Å². The van der Waals surface area contributed by atoms with Gasteiger partial charge in [0.15, 0.2) is 0 Å². The highest BCUT2D eigenvalue weighted by atomic mass is 19.1. The first-order chi connectivity index (χ1) is 14.9. The number of hydrogen-bond acceptors (Lipinski definition) is 5. The minimum atomic E-state index is -0.516. The Bertz CT molecular complexity index is 1210. The SMILES string of the molecule is CC(C)[C@@H](NC(=O)c1cc(F)ccc1-n1cnnn1)c1nc2ccccc2n1C(C)C. The van der Waals surface area contributed by atoms with Gasteiger partial charge >= 0.3 is 0 Å². The number of nitrogens with zero attached hydrogens (tertiary/aromatic N) is 6. The molecule has 1 amide bonds. The third kappa shape index (κ3) is 3.90. The average Bonchev–Trinajstić information content (AvgIpc) is 3.39. The van der Waals surface area contributed by atoms with Crippen LogP contribution in [0.5, 0.6) is 0 Å². The van der Waals surface area contributed by atoms with Crippen LogP contribution in [-0.4, -0.2) is 35.7 Å². The Balaban J connectivity index is 1.76. The number of nitrogens with one attached hydrogen (secondary N) is 1. The summed E-state index contributed by atoms with van der Waals surface area (Å²) >= 11 is 0. The second-order valence-corrected chi connectivity index (χ2v) is 8.03. The fourth-order valence-corrected chi connectivity index (χ4v) is 3.74. The van der Waals surface area contributed by atoms with Crippen molar-refractivity contribution in [3.63, 3.8) is 0 Å². The van der Waals surface area contributed by atoms with Gasteiger partial charge in [-0.2, -0.15) is 4.68 Å². The minimum absolute atomic E-state index is 0.0447. The molecule has 0 aliphatic heterocycles. The molecule has 0 fully saturated rings.